The van der Waals surface area contributed by atoms with E-state index in [9.17, 15) is 4.21 Å². The fourth-order valence-electron chi connectivity index (χ4n) is 2.42. The Morgan fingerprint density at radius 1 is 1.06 bits per heavy atom. The SMILES string of the molecule is CS(=O)c1ccc(N2CCc3ccccc32)cc1. The van der Waals surface area contributed by atoms with Gasteiger partial charge in [0.25, 0.3) is 0 Å². The topological polar surface area (TPSA) is 20.3 Å². The lowest BCUT2D eigenvalue weighted by Crippen LogP contribution is -2.13. The summed E-state index contributed by atoms with van der Waals surface area (Å²) in [5.74, 6) is 0. The molecule has 1 aliphatic heterocycles. The summed E-state index contributed by atoms with van der Waals surface area (Å²) in [6.45, 7) is 1.02. The van der Waals surface area contributed by atoms with Crippen LogP contribution in [-0.4, -0.2) is 17.0 Å². The first-order valence-electron chi connectivity index (χ1n) is 6.04. The number of nitrogens with zero attached hydrogens (tertiary/aromatic N) is 1. The number of hydrogen-bond donors (Lipinski definition) is 0. The molecule has 1 atom stereocenters. The molecular weight excluding hydrogens is 242 g/mol. The van der Waals surface area contributed by atoms with E-state index in [0.29, 0.717) is 0 Å². The van der Waals surface area contributed by atoms with E-state index in [2.05, 4.69) is 41.3 Å². The highest BCUT2D eigenvalue weighted by Gasteiger charge is 2.19. The Morgan fingerprint density at radius 2 is 1.78 bits per heavy atom. The van der Waals surface area contributed by atoms with Crippen LogP contribution in [0.4, 0.5) is 11.4 Å². The number of benzene rings is 2. The fraction of sp³-hybridized carbons (Fsp3) is 0.200. The molecule has 92 valence electrons. The minimum absolute atomic E-state index is 0.881. The summed E-state index contributed by atoms with van der Waals surface area (Å²) in [6, 6.07) is 16.5. The first kappa shape index (κ1) is 11.5. The molecule has 0 fully saturated rings. The summed E-state index contributed by atoms with van der Waals surface area (Å²) in [5, 5.41) is 0. The van der Waals surface area contributed by atoms with Gasteiger partial charge in [0.15, 0.2) is 0 Å². The molecule has 1 aliphatic rings. The Balaban J connectivity index is 1.95. The standard InChI is InChI=1S/C15H15NOS/c1-18(17)14-8-6-13(7-9-14)16-11-10-12-4-2-3-5-15(12)16/h2-9H,10-11H2,1H3. The van der Waals surface area contributed by atoms with E-state index < -0.39 is 10.8 Å². The van der Waals surface area contributed by atoms with Crippen LogP contribution in [0, 0.1) is 0 Å². The number of anilines is 2. The zero-order valence-electron chi connectivity index (χ0n) is 10.3. The van der Waals surface area contributed by atoms with Crippen molar-refractivity contribution in [3.63, 3.8) is 0 Å². The van der Waals surface area contributed by atoms with Crippen LogP contribution in [0.2, 0.25) is 0 Å². The van der Waals surface area contributed by atoms with Crippen LogP contribution < -0.4 is 4.90 Å². The third-order valence-corrected chi connectivity index (χ3v) is 4.30. The normalized spacial score (nSPS) is 15.5. The zero-order valence-corrected chi connectivity index (χ0v) is 11.1. The summed E-state index contributed by atoms with van der Waals surface area (Å²) in [5.41, 5.74) is 3.87. The van der Waals surface area contributed by atoms with Crippen LogP contribution in [0.15, 0.2) is 53.4 Å². The monoisotopic (exact) mass is 257 g/mol. The largest absolute Gasteiger partial charge is 0.341 e. The van der Waals surface area contributed by atoms with Crippen molar-refractivity contribution in [1.82, 2.24) is 0 Å². The molecule has 0 aromatic heterocycles. The molecule has 1 heterocycles. The summed E-state index contributed by atoms with van der Waals surface area (Å²) in [7, 11) is -0.902. The van der Waals surface area contributed by atoms with Crippen molar-refractivity contribution in [3.8, 4) is 0 Å². The Morgan fingerprint density at radius 3 is 2.50 bits per heavy atom. The van der Waals surface area contributed by atoms with Gasteiger partial charge in [-0.15, -0.1) is 0 Å². The number of para-hydroxylation sites is 1. The van der Waals surface area contributed by atoms with E-state index in [1.807, 2.05) is 12.1 Å². The molecule has 0 radical (unpaired) electrons. The Bertz CT molecular complexity index is 592. The van der Waals surface area contributed by atoms with Gasteiger partial charge >= 0.3 is 0 Å². The molecule has 2 aromatic carbocycles. The van der Waals surface area contributed by atoms with Crippen molar-refractivity contribution in [1.29, 1.82) is 0 Å². The van der Waals surface area contributed by atoms with Crippen molar-refractivity contribution >= 4 is 22.2 Å². The van der Waals surface area contributed by atoms with Gasteiger partial charge in [0.2, 0.25) is 0 Å². The summed E-state index contributed by atoms with van der Waals surface area (Å²) in [6.07, 6.45) is 2.80. The van der Waals surface area contributed by atoms with Crippen molar-refractivity contribution in [2.75, 3.05) is 17.7 Å². The Hall–Kier alpha value is -1.61. The molecule has 0 saturated heterocycles. The highest BCUT2D eigenvalue weighted by Crippen LogP contribution is 2.34. The fourth-order valence-corrected chi connectivity index (χ4v) is 2.94. The molecule has 0 aliphatic carbocycles. The number of hydrogen-bond acceptors (Lipinski definition) is 2. The van der Waals surface area contributed by atoms with Gasteiger partial charge in [0.05, 0.1) is 0 Å². The smallest absolute Gasteiger partial charge is 0.0498 e. The maximum atomic E-state index is 11.4. The van der Waals surface area contributed by atoms with Gasteiger partial charge in [-0.2, -0.15) is 0 Å². The molecule has 0 amide bonds. The maximum absolute atomic E-state index is 11.4. The second-order valence-corrected chi connectivity index (χ2v) is 5.86. The highest BCUT2D eigenvalue weighted by molar-refractivity contribution is 7.84. The first-order chi connectivity index (χ1) is 8.75. The van der Waals surface area contributed by atoms with Crippen molar-refractivity contribution in [2.24, 2.45) is 0 Å². The first-order valence-corrected chi connectivity index (χ1v) is 7.60. The average Bonchev–Trinajstić information content (AvgIpc) is 2.82. The molecule has 3 heteroatoms. The van der Waals surface area contributed by atoms with E-state index in [1.54, 1.807) is 6.26 Å². The summed E-state index contributed by atoms with van der Waals surface area (Å²) < 4.78 is 11.4. The van der Waals surface area contributed by atoms with Crippen LogP contribution in [0.1, 0.15) is 5.56 Å². The predicted molar refractivity (Wildman–Crippen MR) is 75.9 cm³/mol. The lowest BCUT2D eigenvalue weighted by Gasteiger charge is -2.19. The second kappa shape index (κ2) is 4.58. The van der Waals surface area contributed by atoms with E-state index >= 15 is 0 Å². The molecule has 2 nitrogen and oxygen atoms in total. The number of rotatable bonds is 2. The van der Waals surface area contributed by atoms with Crippen molar-refractivity contribution < 1.29 is 4.21 Å². The van der Waals surface area contributed by atoms with Crippen LogP contribution in [0.5, 0.6) is 0 Å². The molecule has 1 unspecified atom stereocenters. The van der Waals surface area contributed by atoms with E-state index in [0.717, 1.165) is 17.9 Å². The molecule has 18 heavy (non-hydrogen) atoms. The van der Waals surface area contributed by atoms with Crippen molar-refractivity contribution in [3.05, 3.63) is 54.1 Å². The lowest BCUT2D eigenvalue weighted by atomic mass is 10.2. The predicted octanol–water partition coefficient (Wildman–Crippen LogP) is 3.12. The van der Waals surface area contributed by atoms with Crippen LogP contribution in [0.3, 0.4) is 0 Å². The number of fused-ring (bicyclic) bond motifs is 1. The Labute approximate surface area is 110 Å². The maximum Gasteiger partial charge on any atom is 0.0498 e. The van der Waals surface area contributed by atoms with E-state index in [1.165, 1.54) is 16.9 Å². The zero-order chi connectivity index (χ0) is 12.5. The van der Waals surface area contributed by atoms with E-state index in [-0.39, 0.29) is 0 Å². The van der Waals surface area contributed by atoms with Gasteiger partial charge in [-0.3, -0.25) is 4.21 Å². The van der Waals surface area contributed by atoms with Gasteiger partial charge in [0.1, 0.15) is 0 Å². The molecule has 0 saturated carbocycles. The second-order valence-electron chi connectivity index (χ2n) is 4.48. The molecule has 0 N–H and O–H groups in total. The highest BCUT2D eigenvalue weighted by atomic mass is 32.2. The van der Waals surface area contributed by atoms with Crippen LogP contribution in [0.25, 0.3) is 0 Å². The van der Waals surface area contributed by atoms with Gasteiger partial charge in [-0.1, -0.05) is 18.2 Å². The van der Waals surface area contributed by atoms with Crippen LogP contribution >= 0.6 is 0 Å². The third kappa shape index (κ3) is 1.95. The molecule has 3 rings (SSSR count). The van der Waals surface area contributed by atoms with Gasteiger partial charge in [-0.25, -0.2) is 0 Å². The molecule has 0 spiro atoms. The molecule has 2 aromatic rings. The minimum atomic E-state index is -0.902. The van der Waals surface area contributed by atoms with Crippen molar-refractivity contribution in [2.45, 2.75) is 11.3 Å². The third-order valence-electron chi connectivity index (χ3n) is 3.37. The average molecular weight is 257 g/mol. The van der Waals surface area contributed by atoms with E-state index in [4.69, 9.17) is 0 Å². The Kier molecular flexibility index (Phi) is 2.92. The molecular formula is C15H15NOS. The lowest BCUT2D eigenvalue weighted by molar-refractivity contribution is 0.687. The van der Waals surface area contributed by atoms with Gasteiger partial charge in [0, 0.05) is 39.9 Å². The quantitative estimate of drug-likeness (QED) is 0.824. The summed E-state index contributed by atoms with van der Waals surface area (Å²) in [4.78, 5) is 3.20. The van der Waals surface area contributed by atoms with Gasteiger partial charge in [-0.05, 0) is 42.3 Å². The minimum Gasteiger partial charge on any atom is -0.341 e. The van der Waals surface area contributed by atoms with Gasteiger partial charge < -0.3 is 4.90 Å². The summed E-state index contributed by atoms with van der Waals surface area (Å²) >= 11 is 0. The molecule has 0 bridgehead atoms. The van der Waals surface area contributed by atoms with Crippen LogP contribution in [-0.2, 0) is 17.2 Å².